The van der Waals surface area contributed by atoms with Crippen molar-refractivity contribution in [2.24, 2.45) is 0 Å². The van der Waals surface area contributed by atoms with E-state index in [9.17, 15) is 0 Å². The summed E-state index contributed by atoms with van der Waals surface area (Å²) >= 11 is 1.66. The van der Waals surface area contributed by atoms with E-state index in [2.05, 4.69) is 14.9 Å². The number of hydrogen-bond acceptors (Lipinski definition) is 6. The van der Waals surface area contributed by atoms with Crippen LogP contribution >= 0.6 is 11.3 Å². The fourth-order valence-electron chi connectivity index (χ4n) is 1.79. The molecule has 0 aromatic carbocycles. The molecule has 0 radical (unpaired) electrons. The van der Waals surface area contributed by atoms with E-state index >= 15 is 0 Å². The second kappa shape index (κ2) is 4.95. The van der Waals surface area contributed by atoms with E-state index < -0.39 is 0 Å². The quantitative estimate of drug-likeness (QED) is 0.830. The summed E-state index contributed by atoms with van der Waals surface area (Å²) in [6.07, 6.45) is 3.11. The fourth-order valence-corrected chi connectivity index (χ4v) is 2.61. The average Bonchev–Trinajstić information content (AvgIpc) is 3.00. The van der Waals surface area contributed by atoms with E-state index in [4.69, 9.17) is 9.15 Å². The lowest BCUT2D eigenvalue weighted by Crippen LogP contribution is -2.35. The highest BCUT2D eigenvalue weighted by Crippen LogP contribution is 2.22. The van der Waals surface area contributed by atoms with Crippen LogP contribution in [0.5, 0.6) is 0 Å². The number of rotatable bonds is 3. The molecule has 5 nitrogen and oxygen atoms in total. The second-order valence-electron chi connectivity index (χ2n) is 3.88. The Morgan fingerprint density at radius 2 is 2.24 bits per heavy atom. The van der Waals surface area contributed by atoms with Crippen molar-refractivity contribution in [3.05, 3.63) is 23.0 Å². The van der Waals surface area contributed by atoms with Crippen LogP contribution in [0.15, 0.2) is 22.4 Å². The van der Waals surface area contributed by atoms with Gasteiger partial charge in [-0.05, 0) is 0 Å². The molecule has 0 aliphatic carbocycles. The first-order chi connectivity index (χ1) is 8.42. The molecule has 0 spiro atoms. The Morgan fingerprint density at radius 1 is 1.35 bits per heavy atom. The van der Waals surface area contributed by atoms with Crippen LogP contribution in [-0.4, -0.2) is 41.2 Å². The molecule has 0 saturated carbocycles. The SMILES string of the molecule is c1ncc(-c2csc(CN3CCOCC3)n2)o1. The van der Waals surface area contributed by atoms with Gasteiger partial charge in [-0.3, -0.25) is 4.90 Å². The number of ether oxygens (including phenoxy) is 1. The zero-order valence-corrected chi connectivity index (χ0v) is 10.2. The lowest BCUT2D eigenvalue weighted by Gasteiger charge is -2.25. The number of thiazole rings is 1. The van der Waals surface area contributed by atoms with Crippen LogP contribution in [0.1, 0.15) is 5.01 Å². The summed E-state index contributed by atoms with van der Waals surface area (Å²) in [6.45, 7) is 4.50. The Hall–Kier alpha value is -1.24. The maximum atomic E-state index is 5.32. The zero-order valence-electron chi connectivity index (χ0n) is 9.33. The molecule has 0 amide bonds. The van der Waals surface area contributed by atoms with Gasteiger partial charge >= 0.3 is 0 Å². The van der Waals surface area contributed by atoms with Crippen LogP contribution in [0.4, 0.5) is 0 Å². The number of morpholine rings is 1. The third-order valence-electron chi connectivity index (χ3n) is 2.70. The van der Waals surface area contributed by atoms with Crippen LogP contribution in [0, 0.1) is 0 Å². The summed E-state index contributed by atoms with van der Waals surface area (Å²) in [5, 5.41) is 3.12. The third-order valence-corrected chi connectivity index (χ3v) is 3.53. The van der Waals surface area contributed by atoms with Gasteiger partial charge in [-0.25, -0.2) is 9.97 Å². The maximum Gasteiger partial charge on any atom is 0.181 e. The van der Waals surface area contributed by atoms with E-state index in [0.717, 1.165) is 49.3 Å². The van der Waals surface area contributed by atoms with E-state index in [0.29, 0.717) is 0 Å². The Morgan fingerprint density at radius 3 is 3.00 bits per heavy atom. The summed E-state index contributed by atoms with van der Waals surface area (Å²) in [5.41, 5.74) is 0.871. The van der Waals surface area contributed by atoms with Gasteiger partial charge in [0.2, 0.25) is 0 Å². The average molecular weight is 251 g/mol. The molecule has 1 aliphatic heterocycles. The second-order valence-corrected chi connectivity index (χ2v) is 4.82. The molecule has 90 valence electrons. The molecule has 0 bridgehead atoms. The zero-order chi connectivity index (χ0) is 11.5. The maximum absolute atomic E-state index is 5.32. The van der Waals surface area contributed by atoms with Gasteiger partial charge < -0.3 is 9.15 Å². The van der Waals surface area contributed by atoms with Crippen molar-refractivity contribution in [3.8, 4) is 11.5 Å². The number of oxazole rings is 1. The highest BCUT2D eigenvalue weighted by atomic mass is 32.1. The normalized spacial score (nSPS) is 17.4. The van der Waals surface area contributed by atoms with Gasteiger partial charge in [0.25, 0.3) is 0 Å². The molecule has 3 heterocycles. The van der Waals surface area contributed by atoms with Gasteiger partial charge in [-0.1, -0.05) is 0 Å². The summed E-state index contributed by atoms with van der Waals surface area (Å²) in [4.78, 5) is 10.8. The minimum atomic E-state index is 0.731. The highest BCUT2D eigenvalue weighted by molar-refractivity contribution is 7.09. The number of aromatic nitrogens is 2. The van der Waals surface area contributed by atoms with Crippen LogP contribution < -0.4 is 0 Å². The predicted molar refractivity (Wildman–Crippen MR) is 63.7 cm³/mol. The fraction of sp³-hybridized carbons (Fsp3) is 0.455. The largest absolute Gasteiger partial charge is 0.442 e. The van der Waals surface area contributed by atoms with Crippen LogP contribution in [-0.2, 0) is 11.3 Å². The molecule has 17 heavy (non-hydrogen) atoms. The van der Waals surface area contributed by atoms with Gasteiger partial charge in [-0.15, -0.1) is 11.3 Å². The summed E-state index contributed by atoms with van der Waals surface area (Å²) in [5.74, 6) is 0.731. The van der Waals surface area contributed by atoms with Crippen molar-refractivity contribution < 1.29 is 9.15 Å². The molecule has 3 rings (SSSR count). The van der Waals surface area contributed by atoms with Crippen molar-refractivity contribution in [2.45, 2.75) is 6.54 Å². The van der Waals surface area contributed by atoms with E-state index in [1.54, 1.807) is 17.5 Å². The van der Waals surface area contributed by atoms with Crippen molar-refractivity contribution in [1.82, 2.24) is 14.9 Å². The van der Waals surface area contributed by atoms with Gasteiger partial charge in [0.05, 0.1) is 26.0 Å². The number of hydrogen-bond donors (Lipinski definition) is 0. The molecule has 2 aromatic heterocycles. The summed E-state index contributed by atoms with van der Waals surface area (Å²) < 4.78 is 10.5. The van der Waals surface area contributed by atoms with Crippen molar-refractivity contribution in [2.75, 3.05) is 26.3 Å². The Kier molecular flexibility index (Phi) is 3.17. The first-order valence-electron chi connectivity index (χ1n) is 5.55. The van der Waals surface area contributed by atoms with E-state index in [1.165, 1.54) is 6.39 Å². The van der Waals surface area contributed by atoms with E-state index in [-0.39, 0.29) is 0 Å². The molecule has 1 aliphatic rings. The third kappa shape index (κ3) is 2.54. The summed E-state index contributed by atoms with van der Waals surface area (Å²) in [7, 11) is 0. The first-order valence-corrected chi connectivity index (χ1v) is 6.43. The topological polar surface area (TPSA) is 51.4 Å². The summed E-state index contributed by atoms with van der Waals surface area (Å²) in [6, 6.07) is 0. The molecule has 0 unspecified atom stereocenters. The Balaban J connectivity index is 1.68. The standard InChI is InChI=1S/C11H13N3O2S/c1-3-15-4-2-14(1)6-11-13-9(7-17-11)10-5-12-8-16-10/h5,7-8H,1-4,6H2. The monoisotopic (exact) mass is 251 g/mol. The van der Waals surface area contributed by atoms with Gasteiger partial charge in [0.1, 0.15) is 10.7 Å². The molecule has 1 fully saturated rings. The van der Waals surface area contributed by atoms with Crippen molar-refractivity contribution >= 4 is 11.3 Å². The number of nitrogens with zero attached hydrogens (tertiary/aromatic N) is 3. The van der Waals surface area contributed by atoms with Crippen LogP contribution in [0.3, 0.4) is 0 Å². The van der Waals surface area contributed by atoms with Crippen molar-refractivity contribution in [3.63, 3.8) is 0 Å². The molecular formula is C11H13N3O2S. The van der Waals surface area contributed by atoms with Gasteiger partial charge in [0, 0.05) is 18.5 Å². The minimum Gasteiger partial charge on any atom is -0.442 e. The molecule has 6 heteroatoms. The molecular weight excluding hydrogens is 238 g/mol. The van der Waals surface area contributed by atoms with E-state index in [1.807, 2.05) is 5.38 Å². The van der Waals surface area contributed by atoms with Gasteiger partial charge in [-0.2, -0.15) is 0 Å². The predicted octanol–water partition coefficient (Wildman–Crippen LogP) is 1.63. The molecule has 0 N–H and O–H groups in total. The van der Waals surface area contributed by atoms with Crippen molar-refractivity contribution in [1.29, 1.82) is 0 Å². The lowest BCUT2D eigenvalue weighted by molar-refractivity contribution is 0.0341. The molecule has 0 atom stereocenters. The minimum absolute atomic E-state index is 0.731. The lowest BCUT2D eigenvalue weighted by atomic mass is 10.4. The highest BCUT2D eigenvalue weighted by Gasteiger charge is 2.13. The Labute approximate surface area is 103 Å². The van der Waals surface area contributed by atoms with Crippen LogP contribution in [0.25, 0.3) is 11.5 Å². The Bertz CT molecular complexity index is 463. The van der Waals surface area contributed by atoms with Crippen LogP contribution in [0.2, 0.25) is 0 Å². The first kappa shape index (κ1) is 10.9. The molecule has 2 aromatic rings. The van der Waals surface area contributed by atoms with Gasteiger partial charge in [0.15, 0.2) is 12.2 Å². The molecule has 1 saturated heterocycles. The smallest absolute Gasteiger partial charge is 0.181 e.